The molecule has 1 heterocycles. The number of carbonyl (C=O) groups excluding carboxylic acids is 1. The Labute approximate surface area is 123 Å². The molecule has 5 heteroatoms. The van der Waals surface area contributed by atoms with Gasteiger partial charge in [0, 0.05) is 10.0 Å². The molecule has 0 saturated carbocycles. The predicted molar refractivity (Wildman–Crippen MR) is 80.6 cm³/mol. The number of imidazole rings is 1. The first-order valence-electron chi connectivity index (χ1n) is 6.02. The van der Waals surface area contributed by atoms with Gasteiger partial charge in [0.1, 0.15) is 11.3 Å². The second-order valence-corrected chi connectivity index (χ2v) is 5.11. The maximum Gasteiger partial charge on any atom is 0.340 e. The van der Waals surface area contributed by atoms with E-state index in [2.05, 4.69) is 25.9 Å². The molecule has 0 aliphatic heterocycles. The summed E-state index contributed by atoms with van der Waals surface area (Å²) in [6, 6.07) is 13.2. The molecule has 3 rings (SSSR count). The monoisotopic (exact) mass is 330 g/mol. The highest BCUT2D eigenvalue weighted by molar-refractivity contribution is 9.10. The van der Waals surface area contributed by atoms with Crippen LogP contribution in [-0.2, 0) is 4.74 Å². The van der Waals surface area contributed by atoms with Crippen LogP contribution in [0.1, 0.15) is 10.4 Å². The number of ether oxygens (including phenoxy) is 1. The lowest BCUT2D eigenvalue weighted by atomic mass is 10.2. The van der Waals surface area contributed by atoms with E-state index in [0.717, 1.165) is 15.6 Å². The van der Waals surface area contributed by atoms with Crippen LogP contribution in [-0.4, -0.2) is 23.0 Å². The molecule has 20 heavy (non-hydrogen) atoms. The van der Waals surface area contributed by atoms with Crippen LogP contribution < -0.4 is 0 Å². The Balaban J connectivity index is 2.21. The van der Waals surface area contributed by atoms with Crippen molar-refractivity contribution in [3.8, 4) is 11.4 Å². The number of hydrogen-bond acceptors (Lipinski definition) is 3. The van der Waals surface area contributed by atoms with Gasteiger partial charge in [0.2, 0.25) is 0 Å². The van der Waals surface area contributed by atoms with Gasteiger partial charge in [0.05, 0.1) is 18.2 Å². The summed E-state index contributed by atoms with van der Waals surface area (Å²) in [5, 5.41) is 0. The molecule has 2 aromatic carbocycles. The average Bonchev–Trinajstić information content (AvgIpc) is 2.90. The molecule has 0 aliphatic rings. The molecule has 1 aromatic heterocycles. The average molecular weight is 331 g/mol. The number of nitrogens with zero attached hydrogens (tertiary/aromatic N) is 1. The van der Waals surface area contributed by atoms with Crippen molar-refractivity contribution in [1.29, 1.82) is 0 Å². The summed E-state index contributed by atoms with van der Waals surface area (Å²) >= 11 is 3.50. The lowest BCUT2D eigenvalue weighted by Gasteiger charge is -1.99. The third kappa shape index (κ3) is 2.10. The van der Waals surface area contributed by atoms with Gasteiger partial charge in [-0.1, -0.05) is 40.2 Å². The third-order valence-corrected chi connectivity index (χ3v) is 3.74. The zero-order valence-electron chi connectivity index (χ0n) is 10.7. The summed E-state index contributed by atoms with van der Waals surface area (Å²) in [7, 11) is 1.36. The highest BCUT2D eigenvalue weighted by atomic mass is 79.9. The second-order valence-electron chi connectivity index (χ2n) is 4.26. The van der Waals surface area contributed by atoms with Crippen LogP contribution in [0.2, 0.25) is 0 Å². The van der Waals surface area contributed by atoms with Gasteiger partial charge in [-0.25, -0.2) is 9.78 Å². The van der Waals surface area contributed by atoms with E-state index in [4.69, 9.17) is 4.74 Å². The van der Waals surface area contributed by atoms with Gasteiger partial charge in [-0.05, 0) is 18.2 Å². The minimum Gasteiger partial charge on any atom is -0.465 e. The summed E-state index contributed by atoms with van der Waals surface area (Å²) in [5.74, 6) is 0.324. The topological polar surface area (TPSA) is 55.0 Å². The van der Waals surface area contributed by atoms with Crippen molar-refractivity contribution in [3.63, 3.8) is 0 Å². The Morgan fingerprint density at radius 3 is 2.75 bits per heavy atom. The van der Waals surface area contributed by atoms with E-state index in [0.29, 0.717) is 16.9 Å². The highest BCUT2D eigenvalue weighted by Gasteiger charge is 2.15. The van der Waals surface area contributed by atoms with Gasteiger partial charge in [-0.3, -0.25) is 0 Å². The molecule has 0 saturated heterocycles. The van der Waals surface area contributed by atoms with E-state index in [1.165, 1.54) is 7.11 Å². The SMILES string of the molecule is COC(=O)c1cccc2[nH]c(-c3ccccc3Br)nc12. The molecule has 0 radical (unpaired) electrons. The Morgan fingerprint density at radius 1 is 1.20 bits per heavy atom. The Bertz CT molecular complexity index is 795. The van der Waals surface area contributed by atoms with Gasteiger partial charge in [-0.2, -0.15) is 0 Å². The number of methoxy groups -OCH3 is 1. The van der Waals surface area contributed by atoms with Crippen molar-refractivity contribution >= 4 is 32.9 Å². The molecule has 0 spiro atoms. The molecule has 100 valence electrons. The number of fused-ring (bicyclic) bond motifs is 1. The molecule has 0 atom stereocenters. The molecule has 0 amide bonds. The summed E-state index contributed by atoms with van der Waals surface area (Å²) in [6.07, 6.45) is 0. The summed E-state index contributed by atoms with van der Waals surface area (Å²) in [5.41, 5.74) is 2.82. The van der Waals surface area contributed by atoms with Crippen molar-refractivity contribution in [2.75, 3.05) is 7.11 Å². The fourth-order valence-corrected chi connectivity index (χ4v) is 2.56. The first-order chi connectivity index (χ1) is 9.70. The smallest absolute Gasteiger partial charge is 0.340 e. The maximum atomic E-state index is 11.8. The summed E-state index contributed by atoms with van der Waals surface area (Å²) < 4.78 is 5.72. The number of hydrogen-bond donors (Lipinski definition) is 1. The van der Waals surface area contributed by atoms with Crippen LogP contribution in [0, 0.1) is 0 Å². The van der Waals surface area contributed by atoms with Crippen molar-refractivity contribution in [2.24, 2.45) is 0 Å². The van der Waals surface area contributed by atoms with E-state index in [1.807, 2.05) is 30.3 Å². The number of para-hydroxylation sites is 1. The van der Waals surface area contributed by atoms with Crippen LogP contribution in [0.15, 0.2) is 46.9 Å². The van der Waals surface area contributed by atoms with Gasteiger partial charge >= 0.3 is 5.97 Å². The van der Waals surface area contributed by atoms with Crippen molar-refractivity contribution < 1.29 is 9.53 Å². The minimum atomic E-state index is -0.388. The molecular weight excluding hydrogens is 320 g/mol. The standard InChI is InChI=1S/C15H11BrN2O2/c1-20-15(19)10-6-4-8-12-13(10)18-14(17-12)9-5-2-3-7-11(9)16/h2-8H,1H3,(H,17,18). The third-order valence-electron chi connectivity index (χ3n) is 3.05. The van der Waals surface area contributed by atoms with Crippen molar-refractivity contribution in [1.82, 2.24) is 9.97 Å². The molecule has 0 aliphatic carbocycles. The second kappa shape index (κ2) is 5.09. The first kappa shape index (κ1) is 12.9. The van der Waals surface area contributed by atoms with Gasteiger partial charge in [0.25, 0.3) is 0 Å². The molecular formula is C15H11BrN2O2. The van der Waals surface area contributed by atoms with E-state index < -0.39 is 0 Å². The van der Waals surface area contributed by atoms with Crippen LogP contribution in [0.3, 0.4) is 0 Å². The number of H-pyrrole nitrogens is 1. The molecule has 3 aromatic rings. The number of rotatable bonds is 2. The zero-order valence-corrected chi connectivity index (χ0v) is 12.3. The molecule has 0 bridgehead atoms. The Kier molecular flexibility index (Phi) is 3.28. The number of esters is 1. The quantitative estimate of drug-likeness (QED) is 0.727. The lowest BCUT2D eigenvalue weighted by molar-refractivity contribution is 0.0603. The zero-order chi connectivity index (χ0) is 14.1. The molecule has 0 unspecified atom stereocenters. The fourth-order valence-electron chi connectivity index (χ4n) is 2.09. The fraction of sp³-hybridized carbons (Fsp3) is 0.0667. The lowest BCUT2D eigenvalue weighted by Crippen LogP contribution is -2.01. The van der Waals surface area contributed by atoms with Gasteiger partial charge < -0.3 is 9.72 Å². The Hall–Kier alpha value is -2.14. The minimum absolute atomic E-state index is 0.388. The summed E-state index contributed by atoms with van der Waals surface area (Å²) in [4.78, 5) is 19.5. The predicted octanol–water partition coefficient (Wildman–Crippen LogP) is 3.78. The largest absolute Gasteiger partial charge is 0.465 e. The maximum absolute atomic E-state index is 11.8. The number of benzene rings is 2. The van der Waals surface area contributed by atoms with Crippen LogP contribution in [0.25, 0.3) is 22.4 Å². The van der Waals surface area contributed by atoms with Crippen molar-refractivity contribution in [2.45, 2.75) is 0 Å². The van der Waals surface area contributed by atoms with Gasteiger partial charge in [0.15, 0.2) is 0 Å². The van der Waals surface area contributed by atoms with Crippen LogP contribution >= 0.6 is 15.9 Å². The number of aromatic amines is 1. The first-order valence-corrected chi connectivity index (χ1v) is 6.82. The van der Waals surface area contributed by atoms with Crippen LogP contribution in [0.5, 0.6) is 0 Å². The molecule has 4 nitrogen and oxygen atoms in total. The number of carbonyl (C=O) groups is 1. The number of nitrogens with one attached hydrogen (secondary N) is 1. The van der Waals surface area contributed by atoms with Crippen molar-refractivity contribution in [3.05, 3.63) is 52.5 Å². The highest BCUT2D eigenvalue weighted by Crippen LogP contribution is 2.28. The van der Waals surface area contributed by atoms with E-state index in [9.17, 15) is 4.79 Å². The number of halogens is 1. The van der Waals surface area contributed by atoms with Gasteiger partial charge in [-0.15, -0.1) is 0 Å². The molecule has 1 N–H and O–H groups in total. The normalized spacial score (nSPS) is 10.7. The van der Waals surface area contributed by atoms with E-state index in [1.54, 1.807) is 12.1 Å². The van der Waals surface area contributed by atoms with E-state index >= 15 is 0 Å². The van der Waals surface area contributed by atoms with E-state index in [-0.39, 0.29) is 5.97 Å². The summed E-state index contributed by atoms with van der Waals surface area (Å²) in [6.45, 7) is 0. The molecule has 0 fully saturated rings. The number of aromatic nitrogens is 2. The van der Waals surface area contributed by atoms with Crippen LogP contribution in [0.4, 0.5) is 0 Å². The Morgan fingerprint density at radius 2 is 2.00 bits per heavy atom.